The standard InChI is InChI=1S/C39H27Cl2FN4O3S2/c40-27-13-20-31(32(41)22-27)34-23-50-39(45-34)46-38(49)35(25-7-3-1-4-8-25)51-30-18-16-29(17-19-30)43-37(48)33(21-24-11-14-28(42)15-12-24)44-36(47)26-9-5-2-6-10-26/h1-23,35H,(H,43,48)(H,44,47)(H,45,46,49)/b33-21-. The second kappa shape index (κ2) is 16.6. The van der Waals surface area contributed by atoms with E-state index in [1.807, 2.05) is 35.7 Å². The molecule has 6 aromatic rings. The Bertz CT molecular complexity index is 2200. The van der Waals surface area contributed by atoms with Crippen LogP contribution < -0.4 is 16.0 Å². The minimum Gasteiger partial charge on any atom is -0.321 e. The van der Waals surface area contributed by atoms with Gasteiger partial charge in [-0.3, -0.25) is 14.4 Å². The molecule has 7 nitrogen and oxygen atoms in total. The first-order chi connectivity index (χ1) is 24.7. The van der Waals surface area contributed by atoms with Crippen LogP contribution in [0.25, 0.3) is 17.3 Å². The molecule has 1 atom stereocenters. The molecule has 1 aromatic heterocycles. The Morgan fingerprint density at radius 3 is 2.18 bits per heavy atom. The zero-order chi connectivity index (χ0) is 35.7. The highest BCUT2D eigenvalue weighted by molar-refractivity contribution is 8.00. The van der Waals surface area contributed by atoms with Crippen LogP contribution in [0.2, 0.25) is 10.0 Å². The van der Waals surface area contributed by atoms with Gasteiger partial charge in [-0.1, -0.05) is 83.9 Å². The maximum absolute atomic E-state index is 13.7. The number of carbonyl (C=O) groups excluding carboxylic acids is 3. The smallest absolute Gasteiger partial charge is 0.272 e. The van der Waals surface area contributed by atoms with E-state index in [0.717, 1.165) is 10.5 Å². The van der Waals surface area contributed by atoms with E-state index in [1.165, 1.54) is 53.4 Å². The van der Waals surface area contributed by atoms with Crippen LogP contribution in [0.5, 0.6) is 0 Å². The highest BCUT2D eigenvalue weighted by atomic mass is 35.5. The summed E-state index contributed by atoms with van der Waals surface area (Å²) in [5, 5.41) is 11.0. The van der Waals surface area contributed by atoms with Gasteiger partial charge in [-0.25, -0.2) is 9.37 Å². The number of anilines is 2. The van der Waals surface area contributed by atoms with Crippen LogP contribution in [-0.4, -0.2) is 22.7 Å². The molecule has 0 aliphatic heterocycles. The molecule has 6 rings (SSSR count). The third-order valence-corrected chi connectivity index (χ3v) is 9.93. The lowest BCUT2D eigenvalue weighted by Crippen LogP contribution is -2.30. The van der Waals surface area contributed by atoms with Crippen molar-refractivity contribution < 1.29 is 18.8 Å². The number of amides is 3. The first kappa shape index (κ1) is 35.6. The van der Waals surface area contributed by atoms with Crippen LogP contribution in [0.15, 0.2) is 143 Å². The van der Waals surface area contributed by atoms with Gasteiger partial charge in [-0.15, -0.1) is 23.1 Å². The summed E-state index contributed by atoms with van der Waals surface area (Å²) >= 11 is 15.0. The fourth-order valence-electron chi connectivity index (χ4n) is 4.84. The number of halogens is 3. The van der Waals surface area contributed by atoms with Crippen molar-refractivity contribution in [1.82, 2.24) is 10.3 Å². The molecule has 0 spiro atoms. The van der Waals surface area contributed by atoms with E-state index in [0.29, 0.717) is 43.2 Å². The minimum absolute atomic E-state index is 0.0293. The highest BCUT2D eigenvalue weighted by Gasteiger charge is 2.24. The normalized spacial score (nSPS) is 11.8. The van der Waals surface area contributed by atoms with Crippen LogP contribution in [-0.2, 0) is 9.59 Å². The summed E-state index contributed by atoms with van der Waals surface area (Å²) in [6, 6.07) is 35.6. The Morgan fingerprint density at radius 2 is 1.49 bits per heavy atom. The van der Waals surface area contributed by atoms with Gasteiger partial charge < -0.3 is 16.0 Å². The molecule has 5 aromatic carbocycles. The van der Waals surface area contributed by atoms with Gasteiger partial charge in [0.25, 0.3) is 11.8 Å². The minimum atomic E-state index is -0.628. The summed E-state index contributed by atoms with van der Waals surface area (Å²) in [5.74, 6) is -1.74. The zero-order valence-electron chi connectivity index (χ0n) is 26.5. The van der Waals surface area contributed by atoms with E-state index in [4.69, 9.17) is 23.2 Å². The first-order valence-corrected chi connectivity index (χ1v) is 17.9. The van der Waals surface area contributed by atoms with Crippen LogP contribution in [0.1, 0.15) is 26.7 Å². The number of nitrogens with zero attached hydrogens (tertiary/aromatic N) is 1. The SMILES string of the molecule is O=C(Nc1ccc(SC(C(=O)Nc2nc(-c3ccc(Cl)cc3Cl)cs2)c2ccccc2)cc1)/C(=C/c1ccc(F)cc1)NC(=O)c1ccccc1. The molecule has 0 radical (unpaired) electrons. The molecular formula is C39H27Cl2FN4O3S2. The average Bonchev–Trinajstić information content (AvgIpc) is 3.60. The molecule has 0 fully saturated rings. The van der Waals surface area contributed by atoms with Crippen molar-refractivity contribution in [3.8, 4) is 11.3 Å². The predicted octanol–water partition coefficient (Wildman–Crippen LogP) is 10.1. The first-order valence-electron chi connectivity index (χ1n) is 15.4. The zero-order valence-corrected chi connectivity index (χ0v) is 29.6. The Morgan fingerprint density at radius 1 is 0.804 bits per heavy atom. The van der Waals surface area contributed by atoms with Crippen LogP contribution in [0.4, 0.5) is 15.2 Å². The lowest BCUT2D eigenvalue weighted by atomic mass is 10.1. The molecule has 0 aliphatic rings. The van der Waals surface area contributed by atoms with E-state index < -0.39 is 22.9 Å². The average molecular weight is 754 g/mol. The van der Waals surface area contributed by atoms with Crippen molar-refractivity contribution >= 4 is 80.9 Å². The fourth-order valence-corrected chi connectivity index (χ4v) is 7.09. The molecule has 0 aliphatic carbocycles. The Balaban J connectivity index is 1.17. The maximum Gasteiger partial charge on any atom is 0.272 e. The van der Waals surface area contributed by atoms with E-state index >= 15 is 0 Å². The summed E-state index contributed by atoms with van der Waals surface area (Å²) in [7, 11) is 0. The molecular weight excluding hydrogens is 726 g/mol. The monoisotopic (exact) mass is 752 g/mol. The van der Waals surface area contributed by atoms with Crippen molar-refractivity contribution in [1.29, 1.82) is 0 Å². The van der Waals surface area contributed by atoms with Gasteiger partial charge in [0.15, 0.2) is 5.13 Å². The number of hydrogen-bond donors (Lipinski definition) is 3. The number of carbonyl (C=O) groups is 3. The number of benzene rings is 5. The fraction of sp³-hybridized carbons (Fsp3) is 0.0256. The number of rotatable bonds is 11. The van der Waals surface area contributed by atoms with Crippen molar-refractivity contribution in [2.45, 2.75) is 10.1 Å². The number of thioether (sulfide) groups is 1. The summed E-state index contributed by atoms with van der Waals surface area (Å²) in [5.41, 5.74) is 3.44. The van der Waals surface area contributed by atoms with E-state index in [-0.39, 0.29) is 11.6 Å². The van der Waals surface area contributed by atoms with Crippen molar-refractivity contribution in [3.05, 3.63) is 171 Å². The van der Waals surface area contributed by atoms with Gasteiger partial charge in [0.1, 0.15) is 16.8 Å². The van der Waals surface area contributed by atoms with Gasteiger partial charge >= 0.3 is 0 Å². The summed E-state index contributed by atoms with van der Waals surface area (Å²) in [4.78, 5) is 45.4. The van der Waals surface area contributed by atoms with E-state index in [9.17, 15) is 18.8 Å². The molecule has 12 heteroatoms. The Hall–Kier alpha value is -5.26. The quantitative estimate of drug-likeness (QED) is 0.0904. The molecule has 1 unspecified atom stereocenters. The molecule has 51 heavy (non-hydrogen) atoms. The van der Waals surface area contributed by atoms with Gasteiger partial charge in [0.2, 0.25) is 5.91 Å². The van der Waals surface area contributed by atoms with Crippen molar-refractivity contribution in [2.24, 2.45) is 0 Å². The summed E-state index contributed by atoms with van der Waals surface area (Å²) < 4.78 is 13.5. The van der Waals surface area contributed by atoms with Crippen molar-refractivity contribution in [2.75, 3.05) is 10.6 Å². The molecule has 3 amide bonds. The van der Waals surface area contributed by atoms with Crippen molar-refractivity contribution in [3.63, 3.8) is 0 Å². The molecule has 0 saturated heterocycles. The third kappa shape index (κ3) is 9.50. The predicted molar refractivity (Wildman–Crippen MR) is 205 cm³/mol. The van der Waals surface area contributed by atoms with E-state index in [1.54, 1.807) is 72.8 Å². The van der Waals surface area contributed by atoms with Gasteiger partial charge in [0, 0.05) is 32.1 Å². The van der Waals surface area contributed by atoms with Gasteiger partial charge in [-0.2, -0.15) is 0 Å². The number of nitrogens with one attached hydrogen (secondary N) is 3. The lowest BCUT2D eigenvalue weighted by Gasteiger charge is -2.17. The topological polar surface area (TPSA) is 100 Å². The second-order valence-corrected chi connectivity index (χ2v) is 13.8. The lowest BCUT2D eigenvalue weighted by molar-refractivity contribution is -0.116. The maximum atomic E-state index is 13.7. The number of hydrogen-bond acceptors (Lipinski definition) is 6. The summed E-state index contributed by atoms with van der Waals surface area (Å²) in [6.07, 6.45) is 1.47. The van der Waals surface area contributed by atoms with Gasteiger partial charge in [-0.05, 0) is 83.9 Å². The second-order valence-electron chi connectivity index (χ2n) is 11.0. The summed E-state index contributed by atoms with van der Waals surface area (Å²) in [6.45, 7) is 0. The van der Waals surface area contributed by atoms with Crippen LogP contribution in [0.3, 0.4) is 0 Å². The Kier molecular flexibility index (Phi) is 11.6. The Labute approximate surface area is 311 Å². The van der Waals surface area contributed by atoms with Crippen LogP contribution >= 0.6 is 46.3 Å². The molecule has 254 valence electrons. The van der Waals surface area contributed by atoms with Crippen LogP contribution in [0, 0.1) is 5.82 Å². The number of thiazole rings is 1. The number of aromatic nitrogens is 1. The molecule has 0 bridgehead atoms. The highest BCUT2D eigenvalue weighted by Crippen LogP contribution is 2.38. The third-order valence-electron chi connectivity index (χ3n) is 7.36. The molecule has 3 N–H and O–H groups in total. The van der Waals surface area contributed by atoms with Gasteiger partial charge in [0.05, 0.1) is 10.7 Å². The van der Waals surface area contributed by atoms with E-state index in [2.05, 4.69) is 20.9 Å². The largest absolute Gasteiger partial charge is 0.321 e. The molecule has 0 saturated carbocycles. The molecule has 1 heterocycles.